The van der Waals surface area contributed by atoms with Gasteiger partial charge in [-0.3, -0.25) is 0 Å². The van der Waals surface area contributed by atoms with Crippen molar-refractivity contribution in [2.75, 3.05) is 6.61 Å². The molecule has 1 aliphatic rings. The van der Waals surface area contributed by atoms with Crippen molar-refractivity contribution < 1.29 is 14.6 Å². The van der Waals surface area contributed by atoms with E-state index < -0.39 is 27.7 Å². The maximum atomic E-state index is 10.3. The number of hydrogen-bond donors (Lipinski definition) is 1. The number of ether oxygens (including phenoxy) is 1. The summed E-state index contributed by atoms with van der Waals surface area (Å²) in [7, 11) is 0. The minimum atomic E-state index is -2.05. The molecule has 0 aromatic heterocycles. The van der Waals surface area contributed by atoms with Gasteiger partial charge < -0.3 is 0 Å². The van der Waals surface area contributed by atoms with Gasteiger partial charge >= 0.3 is 108 Å². The molecule has 5 heteroatoms. The second kappa shape index (κ2) is 5.91. The molecule has 0 radical (unpaired) electrons. The summed E-state index contributed by atoms with van der Waals surface area (Å²) >= 11 is -2.05. The third-order valence-corrected chi connectivity index (χ3v) is 8.41. The molecular formula is C12H12InNO3. The number of aliphatic carboxylic acids is 1. The average Bonchev–Trinajstić information content (AvgIpc) is 2.75. The van der Waals surface area contributed by atoms with Gasteiger partial charge in [0, 0.05) is 0 Å². The molecule has 2 rings (SSSR count). The molecule has 1 aromatic rings. The standard InChI is InChI=1S/C7H7.C5H5NO3.In/c1-7-5-3-2-4-6-7;1-2-4(6)9-3-5(7)8;/h2-6H,1H2;1-2H,3H2,(H,7,8);/q;-1;+1. The number of benzene rings is 1. The van der Waals surface area contributed by atoms with Gasteiger partial charge in [0.25, 0.3) is 0 Å². The van der Waals surface area contributed by atoms with Crippen molar-refractivity contribution in [1.82, 2.24) is 0 Å². The van der Waals surface area contributed by atoms with Crippen molar-refractivity contribution >= 4 is 33.6 Å². The summed E-state index contributed by atoms with van der Waals surface area (Å²) in [6.45, 7) is -0.312. The molecule has 0 saturated heterocycles. The van der Waals surface area contributed by atoms with Gasteiger partial charge in [-0.1, -0.05) is 0 Å². The zero-order chi connectivity index (χ0) is 12.1. The normalized spacial score (nSPS) is 13.6. The minimum absolute atomic E-state index is 0.312. The summed E-state index contributed by atoms with van der Waals surface area (Å²) in [5.41, 5.74) is 1.29. The van der Waals surface area contributed by atoms with Crippen LogP contribution in [0.2, 0.25) is 0 Å². The van der Waals surface area contributed by atoms with Crippen LogP contribution in [0, 0.1) is 0 Å². The van der Waals surface area contributed by atoms with Crippen molar-refractivity contribution in [3.05, 3.63) is 45.8 Å². The van der Waals surface area contributed by atoms with E-state index in [4.69, 9.17) is 9.84 Å². The third kappa shape index (κ3) is 3.93. The van der Waals surface area contributed by atoms with E-state index in [0.29, 0.717) is 5.90 Å². The Morgan fingerprint density at radius 2 is 2.12 bits per heavy atom. The third-order valence-electron chi connectivity index (χ3n) is 2.39. The molecule has 86 valence electrons. The molecular weight excluding hydrogens is 321 g/mol. The molecule has 1 N–H and O–H groups in total. The van der Waals surface area contributed by atoms with Crippen LogP contribution < -0.4 is 0 Å². The van der Waals surface area contributed by atoms with Gasteiger partial charge in [0.1, 0.15) is 0 Å². The molecule has 0 spiro atoms. The van der Waals surface area contributed by atoms with E-state index in [9.17, 15) is 4.79 Å². The molecule has 1 aliphatic heterocycles. The van der Waals surface area contributed by atoms with Gasteiger partial charge in [-0.15, -0.1) is 0 Å². The first kappa shape index (κ1) is 12.2. The van der Waals surface area contributed by atoms with Crippen LogP contribution in [0.15, 0.2) is 43.2 Å². The van der Waals surface area contributed by atoms with Crippen LogP contribution in [0.4, 0.5) is 0 Å². The van der Waals surface area contributed by atoms with Crippen LogP contribution >= 0.6 is 0 Å². The fraction of sp³-hybridized carbons (Fsp3) is 0.167. The molecule has 17 heavy (non-hydrogen) atoms. The van der Waals surface area contributed by atoms with E-state index in [1.54, 1.807) is 0 Å². The summed E-state index contributed by atoms with van der Waals surface area (Å²) in [4.78, 5) is 10.3. The van der Waals surface area contributed by atoms with Gasteiger partial charge in [0.15, 0.2) is 0 Å². The Balaban J connectivity index is 1.89. The predicted octanol–water partition coefficient (Wildman–Crippen LogP) is 1.37. The number of carboxylic acids is 1. The summed E-state index contributed by atoms with van der Waals surface area (Å²) in [5.74, 6) is -0.480. The summed E-state index contributed by atoms with van der Waals surface area (Å²) in [5, 5.41) is 8.49. The number of nitrogens with zero attached hydrogens (tertiary/aromatic N) is 1. The van der Waals surface area contributed by atoms with Crippen molar-refractivity contribution in [2.24, 2.45) is 2.98 Å². The molecule has 0 atom stereocenters. The summed E-state index contributed by atoms with van der Waals surface area (Å²) < 4.78 is 12.7. The zero-order valence-electron chi connectivity index (χ0n) is 9.24. The Bertz CT molecular complexity index is 456. The van der Waals surface area contributed by atoms with Gasteiger partial charge in [0.2, 0.25) is 0 Å². The van der Waals surface area contributed by atoms with Crippen LogP contribution in [0.3, 0.4) is 0 Å². The first-order chi connectivity index (χ1) is 8.24. The number of carbonyl (C=O) groups is 1. The van der Waals surface area contributed by atoms with E-state index in [1.807, 2.05) is 24.3 Å². The van der Waals surface area contributed by atoms with Crippen molar-refractivity contribution in [1.29, 1.82) is 0 Å². The summed E-state index contributed by atoms with van der Waals surface area (Å²) in [6.07, 6.45) is 1.81. The molecule has 0 amide bonds. The topological polar surface area (TPSA) is 58.9 Å². The number of hydrogen-bond acceptors (Lipinski definition) is 3. The molecule has 1 aromatic carbocycles. The first-order valence-electron chi connectivity index (χ1n) is 5.38. The second-order valence-corrected chi connectivity index (χ2v) is 10.0. The Hall–Kier alpha value is -1.23. The zero-order valence-corrected chi connectivity index (χ0v) is 12.5. The molecule has 0 bridgehead atoms. The Kier molecular flexibility index (Phi) is 4.25. The number of rotatable bonds is 4. The van der Waals surface area contributed by atoms with Crippen LogP contribution in [0.25, 0.3) is 0 Å². The van der Waals surface area contributed by atoms with E-state index in [1.165, 1.54) is 5.56 Å². The van der Waals surface area contributed by atoms with E-state index in [-0.39, 0.29) is 6.61 Å². The quantitative estimate of drug-likeness (QED) is 0.905. The van der Waals surface area contributed by atoms with Crippen LogP contribution in [0.5, 0.6) is 0 Å². The van der Waals surface area contributed by atoms with Gasteiger partial charge in [-0.25, -0.2) is 0 Å². The van der Waals surface area contributed by atoms with E-state index in [2.05, 4.69) is 18.9 Å². The molecule has 1 heterocycles. The van der Waals surface area contributed by atoms with E-state index in [0.717, 1.165) is 4.18 Å². The van der Waals surface area contributed by atoms with Crippen molar-refractivity contribution in [2.45, 2.75) is 4.18 Å². The van der Waals surface area contributed by atoms with Gasteiger partial charge in [-0.2, -0.15) is 0 Å². The fourth-order valence-corrected chi connectivity index (χ4v) is 7.18. The molecule has 0 saturated carbocycles. The molecule has 0 fully saturated rings. The van der Waals surface area contributed by atoms with Gasteiger partial charge in [0.05, 0.1) is 0 Å². The van der Waals surface area contributed by atoms with Crippen molar-refractivity contribution in [3.8, 4) is 0 Å². The maximum absolute atomic E-state index is 10.3. The molecule has 0 aliphatic carbocycles. The monoisotopic (exact) mass is 333 g/mol. The van der Waals surface area contributed by atoms with Crippen LogP contribution in [-0.2, 0) is 13.7 Å². The van der Waals surface area contributed by atoms with Crippen LogP contribution in [0.1, 0.15) is 5.56 Å². The van der Waals surface area contributed by atoms with Crippen molar-refractivity contribution in [3.63, 3.8) is 0 Å². The van der Waals surface area contributed by atoms with Gasteiger partial charge in [-0.05, 0) is 0 Å². The molecule has 4 nitrogen and oxygen atoms in total. The predicted molar refractivity (Wildman–Crippen MR) is 66.1 cm³/mol. The second-order valence-electron chi connectivity index (χ2n) is 3.77. The number of carboxylic acid groups (broad SMARTS) is 1. The SMILES string of the molecule is O=C(O)COC1=[N][In]([CH2]c2ccccc2)[CH]=C1. The first-order valence-corrected chi connectivity index (χ1v) is 11.1. The fourth-order valence-electron chi connectivity index (χ4n) is 1.63. The Labute approximate surface area is 108 Å². The van der Waals surface area contributed by atoms with Crippen LogP contribution in [-0.4, -0.2) is 45.3 Å². The Morgan fingerprint density at radius 3 is 2.82 bits per heavy atom. The molecule has 0 unspecified atom stereocenters. The van der Waals surface area contributed by atoms with E-state index >= 15 is 0 Å². The average molecular weight is 333 g/mol. The summed E-state index contributed by atoms with van der Waals surface area (Å²) in [6, 6.07) is 10.2. The Morgan fingerprint density at radius 1 is 1.35 bits per heavy atom.